The van der Waals surface area contributed by atoms with Crippen LogP contribution in [0.5, 0.6) is 0 Å². The molecule has 0 aromatic rings. The highest BCUT2D eigenvalue weighted by Crippen LogP contribution is 2.47. The summed E-state index contributed by atoms with van der Waals surface area (Å²) >= 11 is 0. The number of guanidine groups is 1. The standard InChI is InChI=1S/C18H33N3O.HI/c1-2-19-17(21-13-11-18(15-21)9-5-10-18)20-12-6-14-22-16-7-3-4-8-16;/h16H,2-15H2,1H3,(H,19,20);1H. The van der Waals surface area contributed by atoms with Crippen LogP contribution in [0.4, 0.5) is 0 Å². The number of rotatable bonds is 6. The lowest BCUT2D eigenvalue weighted by Gasteiger charge is -2.38. The fourth-order valence-corrected chi connectivity index (χ4v) is 4.18. The molecule has 1 N–H and O–H groups in total. The predicted octanol–water partition coefficient (Wildman–Crippen LogP) is 3.80. The van der Waals surface area contributed by atoms with Crippen LogP contribution in [0, 0.1) is 5.41 Å². The van der Waals surface area contributed by atoms with Gasteiger partial charge in [-0.2, -0.15) is 0 Å². The fraction of sp³-hybridized carbons (Fsp3) is 0.944. The summed E-state index contributed by atoms with van der Waals surface area (Å²) in [5.41, 5.74) is 0.641. The summed E-state index contributed by atoms with van der Waals surface area (Å²) in [6.07, 6.45) is 12.5. The Balaban J connectivity index is 0.00000192. The van der Waals surface area contributed by atoms with Crippen molar-refractivity contribution in [2.24, 2.45) is 10.4 Å². The van der Waals surface area contributed by atoms with Gasteiger partial charge in [0, 0.05) is 32.8 Å². The van der Waals surface area contributed by atoms with E-state index in [0.717, 1.165) is 32.1 Å². The van der Waals surface area contributed by atoms with E-state index in [1.165, 1.54) is 64.5 Å². The van der Waals surface area contributed by atoms with Gasteiger partial charge < -0.3 is 15.0 Å². The maximum atomic E-state index is 5.93. The Morgan fingerprint density at radius 3 is 2.61 bits per heavy atom. The smallest absolute Gasteiger partial charge is 0.193 e. The molecule has 4 nitrogen and oxygen atoms in total. The third-order valence-corrected chi connectivity index (χ3v) is 5.71. The fourth-order valence-electron chi connectivity index (χ4n) is 4.18. The topological polar surface area (TPSA) is 36.9 Å². The number of halogens is 1. The van der Waals surface area contributed by atoms with Gasteiger partial charge in [0.1, 0.15) is 0 Å². The zero-order valence-electron chi connectivity index (χ0n) is 14.7. The molecule has 0 aromatic heterocycles. The normalized spacial score (nSPS) is 23.9. The molecule has 3 aliphatic rings. The highest BCUT2D eigenvalue weighted by Gasteiger charge is 2.43. The van der Waals surface area contributed by atoms with Crippen molar-refractivity contribution >= 4 is 29.9 Å². The van der Waals surface area contributed by atoms with Crippen LogP contribution in [0.1, 0.15) is 64.7 Å². The molecule has 2 aliphatic carbocycles. The van der Waals surface area contributed by atoms with Crippen molar-refractivity contribution < 1.29 is 4.74 Å². The van der Waals surface area contributed by atoms with Gasteiger partial charge >= 0.3 is 0 Å². The molecule has 23 heavy (non-hydrogen) atoms. The van der Waals surface area contributed by atoms with Crippen molar-refractivity contribution in [3.8, 4) is 0 Å². The largest absolute Gasteiger partial charge is 0.378 e. The molecule has 0 bridgehead atoms. The van der Waals surface area contributed by atoms with E-state index in [4.69, 9.17) is 9.73 Å². The van der Waals surface area contributed by atoms with Crippen molar-refractivity contribution in [2.75, 3.05) is 32.8 Å². The number of nitrogens with zero attached hydrogens (tertiary/aromatic N) is 2. The lowest BCUT2D eigenvalue weighted by atomic mass is 9.68. The maximum Gasteiger partial charge on any atom is 0.193 e. The predicted molar refractivity (Wildman–Crippen MR) is 107 cm³/mol. The molecule has 2 saturated carbocycles. The summed E-state index contributed by atoms with van der Waals surface area (Å²) in [6.45, 7) is 7.28. The number of ether oxygens (including phenoxy) is 1. The third kappa shape index (κ3) is 5.21. The van der Waals surface area contributed by atoms with Gasteiger partial charge in [0.05, 0.1) is 6.10 Å². The quantitative estimate of drug-likeness (QED) is 0.299. The minimum Gasteiger partial charge on any atom is -0.378 e. The van der Waals surface area contributed by atoms with E-state index in [0.29, 0.717) is 11.5 Å². The van der Waals surface area contributed by atoms with Crippen LogP contribution in [-0.4, -0.2) is 49.7 Å². The first-order valence-electron chi connectivity index (χ1n) is 9.46. The minimum absolute atomic E-state index is 0. The molecule has 3 fully saturated rings. The third-order valence-electron chi connectivity index (χ3n) is 5.71. The Kier molecular flexibility index (Phi) is 7.92. The molecule has 0 amide bonds. The van der Waals surface area contributed by atoms with E-state index < -0.39 is 0 Å². The van der Waals surface area contributed by atoms with Crippen LogP contribution in [0.15, 0.2) is 4.99 Å². The lowest BCUT2D eigenvalue weighted by molar-refractivity contribution is 0.0579. The molecule has 0 atom stereocenters. The van der Waals surface area contributed by atoms with Crippen LogP contribution < -0.4 is 5.32 Å². The van der Waals surface area contributed by atoms with Crippen LogP contribution in [0.2, 0.25) is 0 Å². The number of likely N-dealkylation sites (tertiary alicyclic amines) is 1. The first-order valence-corrected chi connectivity index (χ1v) is 9.46. The summed E-state index contributed by atoms with van der Waals surface area (Å²) in [7, 11) is 0. The molecule has 3 rings (SSSR count). The summed E-state index contributed by atoms with van der Waals surface area (Å²) in [5.74, 6) is 1.13. The Labute approximate surface area is 158 Å². The summed E-state index contributed by atoms with van der Waals surface area (Å²) in [5, 5.41) is 3.48. The van der Waals surface area contributed by atoms with Crippen molar-refractivity contribution in [3.63, 3.8) is 0 Å². The van der Waals surface area contributed by atoms with Gasteiger partial charge in [0.25, 0.3) is 0 Å². The highest BCUT2D eigenvalue weighted by molar-refractivity contribution is 14.0. The Hall–Kier alpha value is -0.0400. The zero-order chi connectivity index (χ0) is 15.3. The van der Waals surface area contributed by atoms with E-state index in [1.54, 1.807) is 0 Å². The van der Waals surface area contributed by atoms with Gasteiger partial charge in [-0.05, 0) is 50.9 Å². The van der Waals surface area contributed by atoms with Crippen LogP contribution in [0.3, 0.4) is 0 Å². The van der Waals surface area contributed by atoms with Crippen molar-refractivity contribution in [3.05, 3.63) is 0 Å². The van der Waals surface area contributed by atoms with Crippen LogP contribution >= 0.6 is 24.0 Å². The SMILES string of the molecule is CCNC(=NCCCOC1CCCC1)N1CCC2(CCC2)C1.I. The second-order valence-corrected chi connectivity index (χ2v) is 7.39. The summed E-state index contributed by atoms with van der Waals surface area (Å²) in [4.78, 5) is 7.32. The van der Waals surface area contributed by atoms with Crippen LogP contribution in [0.25, 0.3) is 0 Å². The second kappa shape index (κ2) is 9.44. The Morgan fingerprint density at radius 1 is 1.22 bits per heavy atom. The molecule has 1 spiro atoms. The second-order valence-electron chi connectivity index (χ2n) is 7.39. The number of nitrogens with one attached hydrogen (secondary N) is 1. The molecule has 1 heterocycles. The summed E-state index contributed by atoms with van der Waals surface area (Å²) in [6, 6.07) is 0. The van der Waals surface area contributed by atoms with Gasteiger partial charge in [0.2, 0.25) is 0 Å². The lowest BCUT2D eigenvalue weighted by Crippen LogP contribution is -2.42. The molecule has 0 unspecified atom stereocenters. The van der Waals surface area contributed by atoms with Gasteiger partial charge in [-0.25, -0.2) is 0 Å². The number of hydrogen-bond acceptors (Lipinski definition) is 2. The monoisotopic (exact) mass is 435 g/mol. The van der Waals surface area contributed by atoms with Crippen LogP contribution in [-0.2, 0) is 4.74 Å². The molecular formula is C18H34IN3O. The van der Waals surface area contributed by atoms with Crippen molar-refractivity contribution in [1.29, 1.82) is 0 Å². The number of aliphatic imine (C=N–C) groups is 1. The molecule has 134 valence electrons. The first-order chi connectivity index (χ1) is 10.8. The molecule has 1 aliphatic heterocycles. The van der Waals surface area contributed by atoms with E-state index in [9.17, 15) is 0 Å². The van der Waals surface area contributed by atoms with Gasteiger partial charge in [0.15, 0.2) is 5.96 Å². The van der Waals surface area contributed by atoms with Gasteiger partial charge in [-0.15, -0.1) is 24.0 Å². The Morgan fingerprint density at radius 2 is 2.00 bits per heavy atom. The summed E-state index contributed by atoms with van der Waals surface area (Å²) < 4.78 is 5.93. The molecule has 0 radical (unpaired) electrons. The van der Waals surface area contributed by atoms with Gasteiger partial charge in [-0.3, -0.25) is 4.99 Å². The first kappa shape index (κ1) is 19.3. The van der Waals surface area contributed by atoms with Gasteiger partial charge in [-0.1, -0.05) is 19.3 Å². The minimum atomic E-state index is 0. The zero-order valence-corrected chi connectivity index (χ0v) is 17.0. The molecular weight excluding hydrogens is 401 g/mol. The van der Waals surface area contributed by atoms with E-state index in [1.807, 2.05) is 0 Å². The Bertz CT molecular complexity index is 378. The molecule has 0 aromatic carbocycles. The van der Waals surface area contributed by atoms with Crippen molar-refractivity contribution in [1.82, 2.24) is 10.2 Å². The average Bonchev–Trinajstić information content (AvgIpc) is 3.14. The average molecular weight is 435 g/mol. The highest BCUT2D eigenvalue weighted by atomic mass is 127. The molecule has 1 saturated heterocycles. The maximum absolute atomic E-state index is 5.93. The van der Waals surface area contributed by atoms with Crippen molar-refractivity contribution in [2.45, 2.75) is 70.8 Å². The van der Waals surface area contributed by atoms with E-state index in [2.05, 4.69) is 17.1 Å². The number of hydrogen-bond donors (Lipinski definition) is 1. The van der Waals surface area contributed by atoms with E-state index >= 15 is 0 Å². The van der Waals surface area contributed by atoms with E-state index in [-0.39, 0.29) is 24.0 Å². The molecule has 5 heteroatoms.